The van der Waals surface area contributed by atoms with E-state index in [9.17, 15) is 0 Å². The number of nitrogens with zero attached hydrogens (tertiary/aromatic N) is 1. The van der Waals surface area contributed by atoms with Gasteiger partial charge in [-0.2, -0.15) is 0 Å². The topological polar surface area (TPSA) is 3.24 Å². The zero-order chi connectivity index (χ0) is 11.7. The summed E-state index contributed by atoms with van der Waals surface area (Å²) in [4.78, 5) is 1.95. The molecule has 0 aromatic rings. The van der Waals surface area contributed by atoms with E-state index in [1.54, 1.807) is 0 Å². The highest BCUT2D eigenvalue weighted by Crippen LogP contribution is 2.09. The first kappa shape index (κ1) is 13.5. The molecule has 0 radical (unpaired) electrons. The minimum absolute atomic E-state index is 0.929. The lowest BCUT2D eigenvalue weighted by Gasteiger charge is -2.19. The van der Waals surface area contributed by atoms with E-state index < -0.39 is 0 Å². The summed E-state index contributed by atoms with van der Waals surface area (Å²) < 4.78 is 0. The average molecular weight is 203 g/mol. The molecule has 0 aromatic heterocycles. The maximum Gasteiger partial charge on any atom is 0.0334 e. The molecule has 1 heteroatoms. The SMILES string of the molecule is C=C(/C=C\C)N(C)C(=C)/C=C\C=C/CC. The fraction of sp³-hybridized carbons (Fsp3) is 0.286. The molecular formula is C14H21N. The van der Waals surface area contributed by atoms with Gasteiger partial charge in [0.05, 0.1) is 0 Å². The smallest absolute Gasteiger partial charge is 0.0334 e. The predicted molar refractivity (Wildman–Crippen MR) is 69.4 cm³/mol. The van der Waals surface area contributed by atoms with E-state index in [1.807, 2.05) is 49.3 Å². The summed E-state index contributed by atoms with van der Waals surface area (Å²) in [7, 11) is 1.96. The van der Waals surface area contributed by atoms with Crippen LogP contribution in [0.3, 0.4) is 0 Å². The number of hydrogen-bond donors (Lipinski definition) is 0. The largest absolute Gasteiger partial charge is 0.346 e. The zero-order valence-electron chi connectivity index (χ0n) is 10.0. The van der Waals surface area contributed by atoms with Crippen LogP contribution in [-0.2, 0) is 0 Å². The van der Waals surface area contributed by atoms with Crippen LogP contribution < -0.4 is 0 Å². The molecule has 0 saturated heterocycles. The lowest BCUT2D eigenvalue weighted by molar-refractivity contribution is 0.559. The second-order valence-electron chi connectivity index (χ2n) is 3.24. The van der Waals surface area contributed by atoms with Crippen molar-refractivity contribution in [3.8, 4) is 0 Å². The maximum absolute atomic E-state index is 3.97. The lowest BCUT2D eigenvalue weighted by atomic mass is 10.3. The molecule has 82 valence electrons. The lowest BCUT2D eigenvalue weighted by Crippen LogP contribution is -2.12. The molecular weight excluding hydrogens is 182 g/mol. The summed E-state index contributed by atoms with van der Waals surface area (Å²) in [6.45, 7) is 12.0. The van der Waals surface area contributed by atoms with E-state index >= 15 is 0 Å². The second kappa shape index (κ2) is 7.86. The summed E-state index contributed by atoms with van der Waals surface area (Å²) in [6.07, 6.45) is 13.1. The van der Waals surface area contributed by atoms with Crippen LogP contribution in [0.4, 0.5) is 0 Å². The molecule has 0 aromatic carbocycles. The second-order valence-corrected chi connectivity index (χ2v) is 3.24. The normalized spacial score (nSPS) is 11.7. The highest BCUT2D eigenvalue weighted by atomic mass is 15.1. The molecule has 1 nitrogen and oxygen atoms in total. The van der Waals surface area contributed by atoms with Crippen LogP contribution in [0.2, 0.25) is 0 Å². The van der Waals surface area contributed by atoms with Crippen molar-refractivity contribution < 1.29 is 0 Å². The van der Waals surface area contributed by atoms with Crippen molar-refractivity contribution in [1.82, 2.24) is 4.90 Å². The standard InChI is InChI=1S/C14H21N/c1-6-8-9-10-12-14(4)15(5)13(3)11-7-2/h7-12H,3-4,6H2,1-2,5H3/b9-8-,11-7-,12-10-. The van der Waals surface area contributed by atoms with E-state index in [0.29, 0.717) is 0 Å². The van der Waals surface area contributed by atoms with Gasteiger partial charge >= 0.3 is 0 Å². The Labute approximate surface area is 93.8 Å². The molecule has 0 amide bonds. The molecule has 0 aliphatic carbocycles. The summed E-state index contributed by atoms with van der Waals surface area (Å²) in [5.74, 6) is 0. The zero-order valence-corrected chi connectivity index (χ0v) is 10.0. The molecule has 0 fully saturated rings. The van der Waals surface area contributed by atoms with Crippen molar-refractivity contribution in [1.29, 1.82) is 0 Å². The van der Waals surface area contributed by atoms with Gasteiger partial charge in [0, 0.05) is 18.4 Å². The molecule has 0 bridgehead atoms. The van der Waals surface area contributed by atoms with Crippen LogP contribution in [0.5, 0.6) is 0 Å². The Morgan fingerprint density at radius 1 is 1.13 bits per heavy atom. The monoisotopic (exact) mass is 203 g/mol. The molecule has 0 spiro atoms. The van der Waals surface area contributed by atoms with E-state index in [1.165, 1.54) is 0 Å². The van der Waals surface area contributed by atoms with Gasteiger partial charge in [0.25, 0.3) is 0 Å². The predicted octanol–water partition coefficient (Wildman–Crippen LogP) is 4.04. The third-order valence-electron chi connectivity index (χ3n) is 1.99. The summed E-state index contributed by atoms with van der Waals surface area (Å²) in [6, 6.07) is 0. The summed E-state index contributed by atoms with van der Waals surface area (Å²) in [5.41, 5.74) is 1.87. The van der Waals surface area contributed by atoms with Crippen LogP contribution in [0.25, 0.3) is 0 Å². The van der Waals surface area contributed by atoms with E-state index in [2.05, 4.69) is 26.2 Å². The quantitative estimate of drug-likeness (QED) is 0.589. The van der Waals surface area contributed by atoms with Crippen molar-refractivity contribution >= 4 is 0 Å². The Morgan fingerprint density at radius 2 is 1.73 bits per heavy atom. The van der Waals surface area contributed by atoms with Crippen molar-refractivity contribution in [2.75, 3.05) is 7.05 Å². The first-order chi connectivity index (χ1) is 7.13. The Morgan fingerprint density at radius 3 is 2.27 bits per heavy atom. The first-order valence-electron chi connectivity index (χ1n) is 5.20. The number of likely N-dealkylation sites (N-methyl/N-ethyl adjacent to an activating group) is 1. The van der Waals surface area contributed by atoms with Gasteiger partial charge in [0.15, 0.2) is 0 Å². The van der Waals surface area contributed by atoms with E-state index in [0.717, 1.165) is 17.8 Å². The van der Waals surface area contributed by atoms with Gasteiger partial charge in [0.1, 0.15) is 0 Å². The molecule has 0 atom stereocenters. The molecule has 0 saturated carbocycles. The summed E-state index contributed by atoms with van der Waals surface area (Å²) >= 11 is 0. The Balaban J connectivity index is 4.27. The van der Waals surface area contributed by atoms with Crippen LogP contribution >= 0.6 is 0 Å². The highest BCUT2D eigenvalue weighted by Gasteiger charge is 1.98. The van der Waals surface area contributed by atoms with Gasteiger partial charge in [-0.25, -0.2) is 0 Å². The van der Waals surface area contributed by atoms with Gasteiger partial charge in [-0.15, -0.1) is 0 Å². The number of allylic oxidation sites excluding steroid dienone is 6. The highest BCUT2D eigenvalue weighted by molar-refractivity contribution is 5.25. The molecule has 0 aliphatic rings. The maximum atomic E-state index is 3.97. The molecule has 0 rings (SSSR count). The Bertz CT molecular complexity index is 292. The third kappa shape index (κ3) is 5.74. The van der Waals surface area contributed by atoms with Crippen molar-refractivity contribution in [3.05, 3.63) is 61.0 Å². The average Bonchev–Trinajstić information content (AvgIpc) is 2.23. The molecule has 0 aliphatic heterocycles. The minimum atomic E-state index is 0.929. The third-order valence-corrected chi connectivity index (χ3v) is 1.99. The van der Waals surface area contributed by atoms with Gasteiger partial charge in [-0.3, -0.25) is 0 Å². The van der Waals surface area contributed by atoms with Crippen molar-refractivity contribution in [2.24, 2.45) is 0 Å². The minimum Gasteiger partial charge on any atom is -0.346 e. The van der Waals surface area contributed by atoms with E-state index in [4.69, 9.17) is 0 Å². The van der Waals surface area contributed by atoms with E-state index in [-0.39, 0.29) is 0 Å². The van der Waals surface area contributed by atoms with Gasteiger partial charge in [-0.1, -0.05) is 44.4 Å². The van der Waals surface area contributed by atoms with Crippen molar-refractivity contribution in [2.45, 2.75) is 20.3 Å². The van der Waals surface area contributed by atoms with Gasteiger partial charge in [0.2, 0.25) is 0 Å². The molecule has 0 heterocycles. The fourth-order valence-electron chi connectivity index (χ4n) is 0.982. The number of hydrogen-bond acceptors (Lipinski definition) is 1. The van der Waals surface area contributed by atoms with Crippen LogP contribution in [-0.4, -0.2) is 11.9 Å². The fourth-order valence-corrected chi connectivity index (χ4v) is 0.982. The molecule has 0 unspecified atom stereocenters. The summed E-state index contributed by atoms with van der Waals surface area (Å²) in [5, 5.41) is 0. The van der Waals surface area contributed by atoms with Gasteiger partial charge < -0.3 is 4.90 Å². The van der Waals surface area contributed by atoms with Crippen LogP contribution in [0, 0.1) is 0 Å². The molecule has 15 heavy (non-hydrogen) atoms. The van der Waals surface area contributed by atoms with Crippen LogP contribution in [0.15, 0.2) is 61.0 Å². The number of rotatable bonds is 6. The Hall–Kier alpha value is -1.50. The van der Waals surface area contributed by atoms with Gasteiger partial charge in [-0.05, 0) is 25.5 Å². The van der Waals surface area contributed by atoms with Crippen LogP contribution in [0.1, 0.15) is 20.3 Å². The first-order valence-corrected chi connectivity index (χ1v) is 5.20. The van der Waals surface area contributed by atoms with Crippen molar-refractivity contribution in [3.63, 3.8) is 0 Å². The molecule has 0 N–H and O–H groups in total. The Kier molecular flexibility index (Phi) is 7.08.